The number of methoxy groups -OCH3 is 2. The molecule has 1 aromatic heterocycles. The molecule has 1 saturated heterocycles. The lowest BCUT2D eigenvalue weighted by Crippen LogP contribution is -2.31. The molecule has 0 unspecified atom stereocenters. The van der Waals surface area contributed by atoms with Crippen molar-refractivity contribution in [3.63, 3.8) is 0 Å². The number of benzene rings is 2. The van der Waals surface area contributed by atoms with Crippen molar-refractivity contribution in [3.05, 3.63) is 59.8 Å². The molecule has 0 spiro atoms. The van der Waals surface area contributed by atoms with Crippen LogP contribution in [-0.2, 0) is 0 Å². The maximum atomic E-state index is 13.7. The molecular weight excluding hydrogens is 470 g/mol. The third kappa shape index (κ3) is 6.48. The Hall–Kier alpha value is -3.85. The molecule has 1 N–H and O–H groups in total. The van der Waals surface area contributed by atoms with Crippen molar-refractivity contribution in [3.8, 4) is 17.2 Å². The van der Waals surface area contributed by atoms with Gasteiger partial charge < -0.3 is 24.4 Å². The fourth-order valence-corrected chi connectivity index (χ4v) is 4.45. The van der Waals surface area contributed by atoms with E-state index in [2.05, 4.69) is 20.2 Å². The summed E-state index contributed by atoms with van der Waals surface area (Å²) in [6.07, 6.45) is 4.56. The van der Waals surface area contributed by atoms with Crippen molar-refractivity contribution >= 4 is 23.5 Å². The predicted molar refractivity (Wildman–Crippen MR) is 144 cm³/mol. The molecule has 2 heterocycles. The van der Waals surface area contributed by atoms with Crippen molar-refractivity contribution in [1.29, 1.82) is 0 Å². The topological polar surface area (TPSA) is 89.0 Å². The monoisotopic (exact) mass is 505 g/mol. The molecular formula is C28H35N5O4. The van der Waals surface area contributed by atoms with Crippen LogP contribution in [0.5, 0.6) is 17.2 Å². The van der Waals surface area contributed by atoms with Crippen molar-refractivity contribution in [1.82, 2.24) is 14.9 Å². The zero-order valence-corrected chi connectivity index (χ0v) is 22.0. The van der Waals surface area contributed by atoms with Gasteiger partial charge in [0, 0.05) is 24.9 Å². The number of nitrogens with one attached hydrogen (secondary N) is 1. The number of carbonyl (C=O) groups is 1. The third-order valence-corrected chi connectivity index (χ3v) is 6.41. The molecule has 1 aliphatic rings. The van der Waals surface area contributed by atoms with Crippen LogP contribution in [0.3, 0.4) is 0 Å². The molecule has 37 heavy (non-hydrogen) atoms. The van der Waals surface area contributed by atoms with Crippen LogP contribution in [0, 0.1) is 13.8 Å². The van der Waals surface area contributed by atoms with Gasteiger partial charge in [0.05, 0.1) is 19.9 Å². The highest BCUT2D eigenvalue weighted by Gasteiger charge is 2.27. The van der Waals surface area contributed by atoms with E-state index < -0.39 is 6.09 Å². The number of ether oxygens (including phenoxy) is 3. The van der Waals surface area contributed by atoms with E-state index in [0.717, 1.165) is 30.6 Å². The SMILES string of the molecule is COc1ccc(N(C(=O)Oc2c(C)cccc2C)c2ccnc(NCCCN3CCCC3)n2)c(OC)c1. The summed E-state index contributed by atoms with van der Waals surface area (Å²) < 4.78 is 16.9. The second-order valence-electron chi connectivity index (χ2n) is 9.03. The van der Waals surface area contributed by atoms with Gasteiger partial charge in [-0.1, -0.05) is 18.2 Å². The summed E-state index contributed by atoms with van der Waals surface area (Å²) in [5.41, 5.74) is 2.19. The van der Waals surface area contributed by atoms with Crippen LogP contribution in [0.2, 0.25) is 0 Å². The van der Waals surface area contributed by atoms with E-state index >= 15 is 0 Å². The van der Waals surface area contributed by atoms with E-state index in [4.69, 9.17) is 14.2 Å². The van der Waals surface area contributed by atoms with Gasteiger partial charge in [0.2, 0.25) is 5.95 Å². The summed E-state index contributed by atoms with van der Waals surface area (Å²) in [6, 6.07) is 12.6. The number of hydrogen-bond acceptors (Lipinski definition) is 8. The minimum absolute atomic E-state index is 0.358. The molecule has 196 valence electrons. The molecule has 1 amide bonds. The maximum Gasteiger partial charge on any atom is 0.425 e. The smallest absolute Gasteiger partial charge is 0.425 e. The molecule has 3 aromatic rings. The largest absolute Gasteiger partial charge is 0.497 e. The van der Waals surface area contributed by atoms with Gasteiger partial charge in [0.25, 0.3) is 0 Å². The van der Waals surface area contributed by atoms with Gasteiger partial charge in [-0.3, -0.25) is 0 Å². The van der Waals surface area contributed by atoms with Gasteiger partial charge in [0.1, 0.15) is 23.1 Å². The fraction of sp³-hybridized carbons (Fsp3) is 0.393. The van der Waals surface area contributed by atoms with Gasteiger partial charge in [-0.05, 0) is 76.0 Å². The average molecular weight is 506 g/mol. The first-order chi connectivity index (χ1) is 18.0. The van der Waals surface area contributed by atoms with Crippen LogP contribution in [0.15, 0.2) is 48.7 Å². The number of rotatable bonds is 10. The Morgan fingerprint density at radius 3 is 2.51 bits per heavy atom. The van der Waals surface area contributed by atoms with Gasteiger partial charge in [0.15, 0.2) is 0 Å². The van der Waals surface area contributed by atoms with Crippen LogP contribution in [0.4, 0.5) is 22.2 Å². The van der Waals surface area contributed by atoms with Gasteiger partial charge in [-0.2, -0.15) is 4.98 Å². The predicted octanol–water partition coefficient (Wildman–Crippen LogP) is 5.35. The summed E-state index contributed by atoms with van der Waals surface area (Å²) in [5, 5.41) is 3.29. The molecule has 0 bridgehead atoms. The zero-order valence-electron chi connectivity index (χ0n) is 22.0. The Bertz CT molecular complexity index is 1190. The standard InChI is InChI=1S/C28H35N5O4/c1-20-9-7-10-21(2)26(20)37-28(34)33(23-12-11-22(35-3)19-24(23)36-4)25-13-15-30-27(31-25)29-14-8-18-32-16-5-6-17-32/h7,9-13,15,19H,5-6,8,14,16-18H2,1-4H3,(H,29,30,31). The van der Waals surface area contributed by atoms with Crippen molar-refractivity contribution in [2.45, 2.75) is 33.1 Å². The van der Waals surface area contributed by atoms with Crippen LogP contribution in [0.1, 0.15) is 30.4 Å². The number of para-hydroxylation sites is 1. The third-order valence-electron chi connectivity index (χ3n) is 6.41. The molecule has 2 aromatic carbocycles. The number of aromatic nitrogens is 2. The lowest BCUT2D eigenvalue weighted by molar-refractivity contribution is 0.209. The number of nitrogens with zero attached hydrogens (tertiary/aromatic N) is 4. The minimum Gasteiger partial charge on any atom is -0.497 e. The van der Waals surface area contributed by atoms with Crippen LogP contribution >= 0.6 is 0 Å². The summed E-state index contributed by atoms with van der Waals surface area (Å²) in [5.74, 6) is 2.36. The molecule has 0 atom stereocenters. The number of hydrogen-bond donors (Lipinski definition) is 1. The number of aryl methyl sites for hydroxylation is 2. The molecule has 4 rings (SSSR count). The summed E-state index contributed by atoms with van der Waals surface area (Å²) in [6.45, 7) is 7.94. The van der Waals surface area contributed by atoms with Crippen molar-refractivity contribution in [2.24, 2.45) is 0 Å². The highest BCUT2D eigenvalue weighted by atomic mass is 16.6. The van der Waals surface area contributed by atoms with Crippen molar-refractivity contribution < 1.29 is 19.0 Å². The Morgan fingerprint density at radius 1 is 1.05 bits per heavy atom. The van der Waals surface area contributed by atoms with E-state index in [1.54, 1.807) is 44.7 Å². The van der Waals surface area contributed by atoms with Crippen LogP contribution < -0.4 is 24.4 Å². The first-order valence-corrected chi connectivity index (χ1v) is 12.6. The van der Waals surface area contributed by atoms with E-state index in [0.29, 0.717) is 34.7 Å². The molecule has 9 heteroatoms. The highest BCUT2D eigenvalue weighted by Crippen LogP contribution is 2.37. The molecule has 0 radical (unpaired) electrons. The number of likely N-dealkylation sites (tertiary alicyclic amines) is 1. The summed E-state index contributed by atoms with van der Waals surface area (Å²) in [4.78, 5) is 26.6. The number of anilines is 3. The van der Waals surface area contributed by atoms with Gasteiger partial charge >= 0.3 is 6.09 Å². The lowest BCUT2D eigenvalue weighted by Gasteiger charge is -2.24. The molecule has 0 saturated carbocycles. The van der Waals surface area contributed by atoms with Gasteiger partial charge in [-0.25, -0.2) is 14.7 Å². The maximum absolute atomic E-state index is 13.7. The average Bonchev–Trinajstić information content (AvgIpc) is 3.43. The number of amides is 1. The molecule has 9 nitrogen and oxygen atoms in total. The fourth-order valence-electron chi connectivity index (χ4n) is 4.45. The highest BCUT2D eigenvalue weighted by molar-refractivity contribution is 5.98. The zero-order chi connectivity index (χ0) is 26.2. The van der Waals surface area contributed by atoms with Crippen LogP contribution in [0.25, 0.3) is 0 Å². The normalized spacial score (nSPS) is 13.3. The number of carbonyl (C=O) groups excluding carboxylic acids is 1. The van der Waals surface area contributed by atoms with E-state index in [-0.39, 0.29) is 0 Å². The summed E-state index contributed by atoms with van der Waals surface area (Å²) >= 11 is 0. The first kappa shape index (κ1) is 26.2. The Labute approximate surface area is 218 Å². The summed E-state index contributed by atoms with van der Waals surface area (Å²) in [7, 11) is 3.12. The Kier molecular flexibility index (Phi) is 8.79. The molecule has 1 fully saturated rings. The lowest BCUT2D eigenvalue weighted by atomic mass is 10.1. The first-order valence-electron chi connectivity index (χ1n) is 12.6. The Morgan fingerprint density at radius 2 is 1.81 bits per heavy atom. The molecule has 0 aliphatic carbocycles. The van der Waals surface area contributed by atoms with Gasteiger partial charge in [-0.15, -0.1) is 0 Å². The van der Waals surface area contributed by atoms with Crippen molar-refractivity contribution in [2.75, 3.05) is 50.6 Å². The second-order valence-corrected chi connectivity index (χ2v) is 9.03. The molecule has 1 aliphatic heterocycles. The van der Waals surface area contributed by atoms with Crippen LogP contribution in [-0.4, -0.2) is 61.4 Å². The minimum atomic E-state index is -0.612. The van der Waals surface area contributed by atoms with E-state index in [1.807, 2.05) is 32.0 Å². The second kappa shape index (κ2) is 12.4. The Balaban J connectivity index is 1.61. The van der Waals surface area contributed by atoms with E-state index in [9.17, 15) is 4.79 Å². The van der Waals surface area contributed by atoms with E-state index in [1.165, 1.54) is 30.8 Å². The quantitative estimate of drug-likeness (QED) is 0.369.